The minimum absolute atomic E-state index is 0.0710. The first kappa shape index (κ1) is 17.5. The summed E-state index contributed by atoms with van der Waals surface area (Å²) in [6.07, 6.45) is 1.77. The van der Waals surface area contributed by atoms with E-state index in [2.05, 4.69) is 20.6 Å². The zero-order valence-electron chi connectivity index (χ0n) is 15.5. The van der Waals surface area contributed by atoms with Crippen molar-refractivity contribution in [2.45, 2.75) is 40.0 Å². The van der Waals surface area contributed by atoms with Gasteiger partial charge in [-0.25, -0.2) is 9.50 Å². The smallest absolute Gasteiger partial charge is 0.226 e. The SMILES string of the molecule is CCc1nnc(NC(=O)CCc2c(C)nc3c4ccccc4nn3c2C)s1. The van der Waals surface area contributed by atoms with Gasteiger partial charge < -0.3 is 5.32 Å². The summed E-state index contributed by atoms with van der Waals surface area (Å²) in [6.45, 7) is 6.03. The van der Waals surface area contributed by atoms with E-state index >= 15 is 0 Å². The molecule has 0 radical (unpaired) electrons. The Labute approximate surface area is 160 Å². The van der Waals surface area contributed by atoms with Crippen LogP contribution in [0.2, 0.25) is 0 Å². The molecule has 4 rings (SSSR count). The molecule has 0 aliphatic carbocycles. The molecule has 0 aliphatic heterocycles. The Balaban J connectivity index is 1.56. The molecular formula is C19H20N6OS. The van der Waals surface area contributed by atoms with Gasteiger partial charge >= 0.3 is 0 Å². The molecule has 1 amide bonds. The normalized spacial score (nSPS) is 11.4. The highest BCUT2D eigenvalue weighted by Crippen LogP contribution is 2.23. The number of hydrogen-bond acceptors (Lipinski definition) is 6. The van der Waals surface area contributed by atoms with Crippen molar-refractivity contribution >= 4 is 38.9 Å². The van der Waals surface area contributed by atoms with Gasteiger partial charge in [-0.1, -0.05) is 30.4 Å². The molecular weight excluding hydrogens is 360 g/mol. The maximum absolute atomic E-state index is 12.3. The lowest BCUT2D eigenvalue weighted by atomic mass is 10.1. The third-order valence-corrected chi connectivity index (χ3v) is 5.62. The third kappa shape index (κ3) is 3.28. The van der Waals surface area contributed by atoms with Crippen LogP contribution in [0.4, 0.5) is 5.13 Å². The van der Waals surface area contributed by atoms with E-state index in [1.54, 1.807) is 0 Å². The fraction of sp³-hybridized carbons (Fsp3) is 0.316. The van der Waals surface area contributed by atoms with Crippen molar-refractivity contribution in [1.29, 1.82) is 0 Å². The highest BCUT2D eigenvalue weighted by molar-refractivity contribution is 7.15. The zero-order valence-corrected chi connectivity index (χ0v) is 16.3. The Morgan fingerprint density at radius 1 is 1.22 bits per heavy atom. The van der Waals surface area contributed by atoms with Crippen LogP contribution in [0.3, 0.4) is 0 Å². The van der Waals surface area contributed by atoms with E-state index in [1.165, 1.54) is 11.3 Å². The number of rotatable bonds is 5. The maximum Gasteiger partial charge on any atom is 0.226 e. The van der Waals surface area contributed by atoms with Gasteiger partial charge in [0.25, 0.3) is 0 Å². The van der Waals surface area contributed by atoms with Crippen molar-refractivity contribution in [3.63, 3.8) is 0 Å². The number of carbonyl (C=O) groups is 1. The largest absolute Gasteiger partial charge is 0.301 e. The van der Waals surface area contributed by atoms with Crippen molar-refractivity contribution in [3.05, 3.63) is 46.2 Å². The van der Waals surface area contributed by atoms with Gasteiger partial charge in [0.05, 0.1) is 5.52 Å². The van der Waals surface area contributed by atoms with Crippen molar-refractivity contribution in [3.8, 4) is 0 Å². The van der Waals surface area contributed by atoms with Crippen molar-refractivity contribution in [2.24, 2.45) is 0 Å². The Hall–Kier alpha value is -2.87. The van der Waals surface area contributed by atoms with E-state index in [4.69, 9.17) is 4.98 Å². The minimum Gasteiger partial charge on any atom is -0.301 e. The molecule has 0 aliphatic rings. The molecule has 0 fully saturated rings. The Kier molecular flexibility index (Phi) is 4.57. The van der Waals surface area contributed by atoms with Crippen LogP contribution in [-0.4, -0.2) is 30.7 Å². The molecule has 1 aromatic carbocycles. The van der Waals surface area contributed by atoms with Crippen LogP contribution >= 0.6 is 11.3 Å². The quantitative estimate of drug-likeness (QED) is 0.573. The molecule has 0 unspecified atom stereocenters. The summed E-state index contributed by atoms with van der Waals surface area (Å²) in [5, 5.41) is 18.0. The van der Waals surface area contributed by atoms with E-state index in [1.807, 2.05) is 49.6 Å². The average Bonchev–Trinajstić information content (AvgIpc) is 3.26. The van der Waals surface area contributed by atoms with E-state index in [-0.39, 0.29) is 5.91 Å². The summed E-state index contributed by atoms with van der Waals surface area (Å²) in [4.78, 5) is 17.0. The van der Waals surface area contributed by atoms with Crippen molar-refractivity contribution < 1.29 is 4.79 Å². The second kappa shape index (κ2) is 7.03. The Morgan fingerprint density at radius 2 is 2.04 bits per heavy atom. The number of hydrogen-bond donors (Lipinski definition) is 1. The fourth-order valence-electron chi connectivity index (χ4n) is 3.21. The molecule has 4 aromatic rings. The summed E-state index contributed by atoms with van der Waals surface area (Å²) in [7, 11) is 0. The molecule has 3 aromatic heterocycles. The summed E-state index contributed by atoms with van der Waals surface area (Å²) >= 11 is 1.41. The standard InChI is InChI=1S/C19H20N6OS/c1-4-17-22-23-19(27-17)21-16(26)10-9-13-11(2)20-18-14-7-5-6-8-15(14)24-25(18)12(13)3/h5-8H,4,9-10H2,1-3H3,(H,21,23,26). The van der Waals surface area contributed by atoms with Crippen molar-refractivity contribution in [2.75, 3.05) is 5.32 Å². The molecule has 7 nitrogen and oxygen atoms in total. The number of amides is 1. The first-order valence-corrected chi connectivity index (χ1v) is 9.74. The van der Waals surface area contributed by atoms with Crippen LogP contribution in [-0.2, 0) is 17.6 Å². The summed E-state index contributed by atoms with van der Waals surface area (Å²) in [5.41, 5.74) is 4.78. The monoisotopic (exact) mass is 380 g/mol. The van der Waals surface area contributed by atoms with Gasteiger partial charge in [-0.05, 0) is 44.4 Å². The van der Waals surface area contributed by atoms with Crippen LogP contribution in [0, 0.1) is 13.8 Å². The number of nitrogens with zero attached hydrogens (tertiary/aromatic N) is 5. The number of fused-ring (bicyclic) bond motifs is 3. The topological polar surface area (TPSA) is 85.1 Å². The summed E-state index contributed by atoms with van der Waals surface area (Å²) in [6, 6.07) is 7.98. The van der Waals surface area contributed by atoms with Gasteiger partial charge in [-0.3, -0.25) is 4.79 Å². The highest BCUT2D eigenvalue weighted by atomic mass is 32.1. The molecule has 0 saturated carbocycles. The number of aromatic nitrogens is 5. The number of aryl methyl sites for hydroxylation is 3. The molecule has 0 spiro atoms. The van der Waals surface area contributed by atoms with Crippen LogP contribution < -0.4 is 5.32 Å². The molecule has 138 valence electrons. The molecule has 0 atom stereocenters. The fourth-order valence-corrected chi connectivity index (χ4v) is 3.90. The predicted octanol–water partition coefficient (Wildman–Crippen LogP) is 3.48. The molecule has 27 heavy (non-hydrogen) atoms. The molecule has 1 N–H and O–H groups in total. The molecule has 0 saturated heterocycles. The van der Waals surface area contributed by atoms with Gasteiger partial charge in [0, 0.05) is 23.2 Å². The van der Waals surface area contributed by atoms with E-state index in [9.17, 15) is 4.79 Å². The molecule has 0 bridgehead atoms. The number of carbonyl (C=O) groups excluding carboxylic acids is 1. The summed E-state index contributed by atoms with van der Waals surface area (Å²) < 4.78 is 1.88. The predicted molar refractivity (Wildman–Crippen MR) is 106 cm³/mol. The molecule has 8 heteroatoms. The van der Waals surface area contributed by atoms with Gasteiger partial charge in [0.15, 0.2) is 5.65 Å². The van der Waals surface area contributed by atoms with Gasteiger partial charge in [0.1, 0.15) is 5.01 Å². The lowest BCUT2D eigenvalue weighted by molar-refractivity contribution is -0.116. The zero-order chi connectivity index (χ0) is 19.0. The van der Waals surface area contributed by atoms with Crippen LogP contribution in [0.15, 0.2) is 24.3 Å². The Bertz CT molecular complexity index is 1150. The highest BCUT2D eigenvalue weighted by Gasteiger charge is 2.15. The van der Waals surface area contributed by atoms with Crippen LogP contribution in [0.5, 0.6) is 0 Å². The molecule has 3 heterocycles. The van der Waals surface area contributed by atoms with E-state index in [0.29, 0.717) is 18.0 Å². The van der Waals surface area contributed by atoms with Gasteiger partial charge in [-0.15, -0.1) is 10.2 Å². The second-order valence-electron chi connectivity index (χ2n) is 6.42. The first-order valence-electron chi connectivity index (χ1n) is 8.92. The van der Waals surface area contributed by atoms with Crippen LogP contribution in [0.1, 0.15) is 35.3 Å². The summed E-state index contributed by atoms with van der Waals surface area (Å²) in [5.74, 6) is -0.0710. The van der Waals surface area contributed by atoms with Gasteiger partial charge in [-0.2, -0.15) is 5.10 Å². The van der Waals surface area contributed by atoms with E-state index in [0.717, 1.165) is 44.9 Å². The maximum atomic E-state index is 12.3. The third-order valence-electron chi connectivity index (χ3n) is 4.64. The van der Waals surface area contributed by atoms with Gasteiger partial charge in [0.2, 0.25) is 11.0 Å². The number of nitrogens with one attached hydrogen (secondary N) is 1. The number of benzene rings is 1. The second-order valence-corrected chi connectivity index (χ2v) is 7.48. The first-order chi connectivity index (χ1) is 13.1. The average molecular weight is 380 g/mol. The lowest BCUT2D eigenvalue weighted by Crippen LogP contribution is -2.14. The Morgan fingerprint density at radius 3 is 2.81 bits per heavy atom. The van der Waals surface area contributed by atoms with Crippen molar-refractivity contribution in [1.82, 2.24) is 24.8 Å². The minimum atomic E-state index is -0.0710. The number of anilines is 1. The van der Waals surface area contributed by atoms with Crippen LogP contribution in [0.25, 0.3) is 16.6 Å². The van der Waals surface area contributed by atoms with E-state index < -0.39 is 0 Å². The lowest BCUT2D eigenvalue weighted by Gasteiger charge is -2.10.